The van der Waals surface area contributed by atoms with Gasteiger partial charge in [0.15, 0.2) is 0 Å². The van der Waals surface area contributed by atoms with Crippen LogP contribution in [0.25, 0.3) is 0 Å². The Morgan fingerprint density at radius 3 is 2.38 bits per heavy atom. The minimum absolute atomic E-state index is 0.267. The molecule has 1 unspecified atom stereocenters. The molecule has 2 saturated carbocycles. The molecule has 1 saturated heterocycles. The van der Waals surface area contributed by atoms with Crippen LogP contribution in [0.15, 0.2) is 0 Å². The molecule has 3 rings (SSSR count). The molecular formula is C17H30N4. The predicted molar refractivity (Wildman–Crippen MR) is 85.1 cm³/mol. The summed E-state index contributed by atoms with van der Waals surface area (Å²) in [5.41, 5.74) is -0.267. The molecule has 0 aromatic heterocycles. The summed E-state index contributed by atoms with van der Waals surface area (Å²) in [6, 6.07) is 4.10. The highest BCUT2D eigenvalue weighted by atomic mass is 15.3. The zero-order chi connectivity index (χ0) is 14.7. The van der Waals surface area contributed by atoms with Gasteiger partial charge in [-0.25, -0.2) is 0 Å². The Bertz CT molecular complexity index is 375. The molecule has 118 valence electrons. The number of rotatable bonds is 8. The van der Waals surface area contributed by atoms with Gasteiger partial charge in [-0.2, -0.15) is 5.26 Å². The van der Waals surface area contributed by atoms with E-state index in [1.807, 2.05) is 0 Å². The molecule has 0 radical (unpaired) electrons. The molecule has 1 aliphatic heterocycles. The van der Waals surface area contributed by atoms with Crippen LogP contribution in [-0.2, 0) is 0 Å². The zero-order valence-corrected chi connectivity index (χ0v) is 13.5. The van der Waals surface area contributed by atoms with Gasteiger partial charge in [-0.15, -0.1) is 0 Å². The maximum Gasteiger partial charge on any atom is 0.106 e. The van der Waals surface area contributed by atoms with Crippen molar-refractivity contribution in [3.05, 3.63) is 0 Å². The highest BCUT2D eigenvalue weighted by Gasteiger charge is 2.35. The molecule has 0 bridgehead atoms. The van der Waals surface area contributed by atoms with Crippen LogP contribution in [0.5, 0.6) is 0 Å². The summed E-state index contributed by atoms with van der Waals surface area (Å²) in [4.78, 5) is 5.25. The first-order valence-corrected chi connectivity index (χ1v) is 8.90. The van der Waals surface area contributed by atoms with Crippen LogP contribution in [0.2, 0.25) is 0 Å². The van der Waals surface area contributed by atoms with E-state index in [2.05, 4.69) is 28.1 Å². The Balaban J connectivity index is 1.37. The van der Waals surface area contributed by atoms with Gasteiger partial charge >= 0.3 is 0 Å². The highest BCUT2D eigenvalue weighted by molar-refractivity contribution is 5.09. The molecule has 0 aromatic rings. The van der Waals surface area contributed by atoms with Gasteiger partial charge in [0.1, 0.15) is 5.54 Å². The fraction of sp³-hybridized carbons (Fsp3) is 0.941. The molecule has 0 spiro atoms. The van der Waals surface area contributed by atoms with Crippen LogP contribution in [-0.4, -0.2) is 60.1 Å². The molecule has 4 heteroatoms. The molecule has 3 aliphatic rings. The van der Waals surface area contributed by atoms with E-state index in [1.165, 1.54) is 51.9 Å². The highest BCUT2D eigenvalue weighted by Crippen LogP contribution is 2.28. The maximum absolute atomic E-state index is 9.56. The van der Waals surface area contributed by atoms with E-state index in [1.54, 1.807) is 0 Å². The molecular weight excluding hydrogens is 260 g/mol. The molecule has 0 aromatic carbocycles. The van der Waals surface area contributed by atoms with Crippen molar-refractivity contribution in [1.82, 2.24) is 15.1 Å². The van der Waals surface area contributed by atoms with E-state index in [0.29, 0.717) is 6.04 Å². The summed E-state index contributed by atoms with van der Waals surface area (Å²) in [7, 11) is 0. The van der Waals surface area contributed by atoms with Gasteiger partial charge in [-0.05, 0) is 51.5 Å². The van der Waals surface area contributed by atoms with Crippen molar-refractivity contribution in [1.29, 1.82) is 5.26 Å². The molecule has 3 fully saturated rings. The second-order valence-electron chi connectivity index (χ2n) is 7.18. The van der Waals surface area contributed by atoms with Crippen molar-refractivity contribution in [3.63, 3.8) is 0 Å². The summed E-state index contributed by atoms with van der Waals surface area (Å²) in [5.74, 6) is 0. The number of nitriles is 1. The normalized spacial score (nSPS) is 27.2. The van der Waals surface area contributed by atoms with Gasteiger partial charge in [0.2, 0.25) is 0 Å². The first-order valence-electron chi connectivity index (χ1n) is 8.90. The lowest BCUT2D eigenvalue weighted by Gasteiger charge is -2.35. The lowest BCUT2D eigenvalue weighted by molar-refractivity contribution is 0.123. The monoisotopic (exact) mass is 290 g/mol. The molecule has 2 aliphatic carbocycles. The SMILES string of the molecule is CCC(C#N)(CCCN1CCN(C2CC2)CC1)NC1CC1. The van der Waals surface area contributed by atoms with Crippen LogP contribution in [0.3, 0.4) is 0 Å². The van der Waals surface area contributed by atoms with Crippen LogP contribution < -0.4 is 5.32 Å². The zero-order valence-electron chi connectivity index (χ0n) is 13.5. The molecule has 21 heavy (non-hydrogen) atoms. The largest absolute Gasteiger partial charge is 0.301 e. The summed E-state index contributed by atoms with van der Waals surface area (Å²) in [6.45, 7) is 8.25. The van der Waals surface area contributed by atoms with Crippen molar-refractivity contribution < 1.29 is 0 Å². The summed E-state index contributed by atoms with van der Waals surface area (Å²) >= 11 is 0. The van der Waals surface area contributed by atoms with Gasteiger partial charge in [-0.1, -0.05) is 6.92 Å². The van der Waals surface area contributed by atoms with Crippen LogP contribution in [0, 0.1) is 11.3 Å². The van der Waals surface area contributed by atoms with E-state index in [0.717, 1.165) is 31.8 Å². The average Bonchev–Trinajstić information content (AvgIpc) is 3.40. The molecule has 1 atom stereocenters. The van der Waals surface area contributed by atoms with Gasteiger partial charge < -0.3 is 4.90 Å². The van der Waals surface area contributed by atoms with E-state index >= 15 is 0 Å². The second kappa shape index (κ2) is 6.64. The Kier molecular flexibility index (Phi) is 4.83. The summed E-state index contributed by atoms with van der Waals surface area (Å²) in [5, 5.41) is 13.1. The first-order chi connectivity index (χ1) is 10.2. The number of nitrogens with zero attached hydrogens (tertiary/aromatic N) is 3. The third-order valence-corrected chi connectivity index (χ3v) is 5.42. The van der Waals surface area contributed by atoms with Crippen molar-refractivity contribution in [2.45, 2.75) is 69.5 Å². The van der Waals surface area contributed by atoms with Crippen molar-refractivity contribution in [2.75, 3.05) is 32.7 Å². The van der Waals surface area contributed by atoms with Gasteiger partial charge in [0.05, 0.1) is 6.07 Å². The Morgan fingerprint density at radius 1 is 1.14 bits per heavy atom. The quantitative estimate of drug-likeness (QED) is 0.742. The number of hydrogen-bond acceptors (Lipinski definition) is 4. The lowest BCUT2D eigenvalue weighted by Crippen LogP contribution is -2.48. The third kappa shape index (κ3) is 4.18. The molecule has 1 heterocycles. The smallest absolute Gasteiger partial charge is 0.106 e. The minimum Gasteiger partial charge on any atom is -0.301 e. The Labute approximate surface area is 129 Å². The predicted octanol–water partition coefficient (Wildman–Crippen LogP) is 1.97. The standard InChI is InChI=1S/C17H30N4/c1-2-17(14-18,19-15-4-5-15)8-3-9-20-10-12-21(13-11-20)16-6-7-16/h15-16,19H,2-13H2,1H3. The topological polar surface area (TPSA) is 42.3 Å². The number of piperazine rings is 1. The fourth-order valence-corrected chi connectivity index (χ4v) is 3.53. The van der Waals surface area contributed by atoms with Crippen molar-refractivity contribution in [2.24, 2.45) is 0 Å². The summed E-state index contributed by atoms with van der Waals surface area (Å²) in [6.07, 6.45) is 8.43. The van der Waals surface area contributed by atoms with Crippen LogP contribution in [0.1, 0.15) is 51.9 Å². The van der Waals surface area contributed by atoms with Crippen LogP contribution in [0.4, 0.5) is 0 Å². The lowest BCUT2D eigenvalue weighted by atomic mass is 9.91. The molecule has 4 nitrogen and oxygen atoms in total. The van der Waals surface area contributed by atoms with Gasteiger partial charge in [0, 0.05) is 38.3 Å². The van der Waals surface area contributed by atoms with E-state index < -0.39 is 0 Å². The van der Waals surface area contributed by atoms with Crippen molar-refractivity contribution >= 4 is 0 Å². The molecule has 0 amide bonds. The Hall–Kier alpha value is -0.630. The van der Waals surface area contributed by atoms with Gasteiger partial charge in [-0.3, -0.25) is 10.2 Å². The molecule has 1 N–H and O–H groups in total. The number of hydrogen-bond donors (Lipinski definition) is 1. The average molecular weight is 290 g/mol. The van der Waals surface area contributed by atoms with E-state index in [-0.39, 0.29) is 5.54 Å². The third-order valence-electron chi connectivity index (χ3n) is 5.42. The number of nitrogens with one attached hydrogen (secondary N) is 1. The van der Waals surface area contributed by atoms with E-state index in [9.17, 15) is 5.26 Å². The van der Waals surface area contributed by atoms with Crippen LogP contribution >= 0.6 is 0 Å². The van der Waals surface area contributed by atoms with Crippen molar-refractivity contribution in [3.8, 4) is 6.07 Å². The Morgan fingerprint density at radius 2 is 1.86 bits per heavy atom. The first kappa shape index (κ1) is 15.3. The van der Waals surface area contributed by atoms with E-state index in [4.69, 9.17) is 0 Å². The van der Waals surface area contributed by atoms with Gasteiger partial charge in [0.25, 0.3) is 0 Å². The second-order valence-corrected chi connectivity index (χ2v) is 7.18. The summed E-state index contributed by atoms with van der Waals surface area (Å²) < 4.78 is 0. The fourth-order valence-electron chi connectivity index (χ4n) is 3.53. The maximum atomic E-state index is 9.56. The minimum atomic E-state index is -0.267.